The minimum atomic E-state index is -0.627. The summed E-state index contributed by atoms with van der Waals surface area (Å²) in [6.07, 6.45) is 0. The van der Waals surface area contributed by atoms with Crippen molar-refractivity contribution in [1.29, 1.82) is 0 Å². The molecule has 0 aromatic rings. The van der Waals surface area contributed by atoms with Crippen molar-refractivity contribution in [2.24, 2.45) is 0 Å². The molecule has 0 aliphatic heterocycles. The number of nitrogens with zero attached hydrogens (tertiary/aromatic N) is 1. The van der Waals surface area contributed by atoms with E-state index in [-0.39, 0.29) is 0 Å². The van der Waals surface area contributed by atoms with Crippen molar-refractivity contribution in [2.75, 3.05) is 26.8 Å². The zero-order valence-corrected chi connectivity index (χ0v) is 9.50. The fourth-order valence-electron chi connectivity index (χ4n) is 1.23. The Hall–Kier alpha value is -0.120. The monoisotopic (exact) mass is 189 g/mol. The maximum absolute atomic E-state index is 9.65. The van der Waals surface area contributed by atoms with Crippen LogP contribution in [0.2, 0.25) is 0 Å². The highest BCUT2D eigenvalue weighted by Gasteiger charge is 2.19. The first-order valence-corrected chi connectivity index (χ1v) is 4.82. The van der Waals surface area contributed by atoms with Crippen LogP contribution in [0.25, 0.3) is 0 Å². The van der Waals surface area contributed by atoms with Crippen LogP contribution in [0.4, 0.5) is 0 Å². The van der Waals surface area contributed by atoms with Crippen LogP contribution in [0.5, 0.6) is 0 Å². The first kappa shape index (κ1) is 12.9. The molecule has 0 saturated heterocycles. The number of aliphatic hydroxyl groups is 1. The van der Waals surface area contributed by atoms with Crippen LogP contribution in [0.15, 0.2) is 0 Å². The summed E-state index contributed by atoms with van der Waals surface area (Å²) in [7, 11) is 1.70. The summed E-state index contributed by atoms with van der Waals surface area (Å²) in [5, 5.41) is 9.65. The number of ether oxygens (including phenoxy) is 1. The topological polar surface area (TPSA) is 32.7 Å². The third-order valence-corrected chi connectivity index (χ3v) is 1.90. The molecule has 3 nitrogen and oxygen atoms in total. The van der Waals surface area contributed by atoms with Crippen LogP contribution < -0.4 is 0 Å². The zero-order valence-electron chi connectivity index (χ0n) is 9.50. The Morgan fingerprint density at radius 1 is 1.38 bits per heavy atom. The minimum absolute atomic E-state index is 0.446. The lowest BCUT2D eigenvalue weighted by atomic mass is 10.1. The van der Waals surface area contributed by atoms with E-state index in [4.69, 9.17) is 4.74 Å². The molecule has 13 heavy (non-hydrogen) atoms. The molecule has 0 unspecified atom stereocenters. The summed E-state index contributed by atoms with van der Waals surface area (Å²) in [5.74, 6) is 0. The van der Waals surface area contributed by atoms with Gasteiger partial charge in [-0.15, -0.1) is 0 Å². The number of hydrogen-bond acceptors (Lipinski definition) is 3. The molecule has 0 heterocycles. The first-order chi connectivity index (χ1) is 5.87. The number of hydrogen-bond donors (Lipinski definition) is 1. The highest BCUT2D eigenvalue weighted by molar-refractivity contribution is 4.74. The highest BCUT2D eigenvalue weighted by Crippen LogP contribution is 2.07. The Kier molecular flexibility index (Phi) is 5.53. The molecule has 0 radical (unpaired) electrons. The Labute approximate surface area is 81.7 Å². The van der Waals surface area contributed by atoms with Crippen molar-refractivity contribution < 1.29 is 9.84 Å². The van der Waals surface area contributed by atoms with Gasteiger partial charge >= 0.3 is 0 Å². The third-order valence-electron chi connectivity index (χ3n) is 1.90. The maximum Gasteiger partial charge on any atom is 0.0718 e. The Morgan fingerprint density at radius 2 is 1.92 bits per heavy atom. The van der Waals surface area contributed by atoms with E-state index in [2.05, 4.69) is 18.7 Å². The molecule has 0 saturated carbocycles. The van der Waals surface area contributed by atoms with Gasteiger partial charge in [0.2, 0.25) is 0 Å². The van der Waals surface area contributed by atoms with Crippen LogP contribution >= 0.6 is 0 Å². The molecule has 1 N–H and O–H groups in total. The van der Waals surface area contributed by atoms with E-state index >= 15 is 0 Å². The summed E-state index contributed by atoms with van der Waals surface area (Å²) in [5.41, 5.74) is -0.627. The van der Waals surface area contributed by atoms with E-state index in [0.717, 1.165) is 6.54 Å². The molecule has 0 atom stereocenters. The van der Waals surface area contributed by atoms with Gasteiger partial charge in [0.15, 0.2) is 0 Å². The molecule has 0 aliphatic carbocycles. The van der Waals surface area contributed by atoms with Crippen LogP contribution in [-0.4, -0.2) is 48.5 Å². The molecule has 80 valence electrons. The third kappa shape index (κ3) is 6.99. The zero-order chi connectivity index (χ0) is 10.5. The van der Waals surface area contributed by atoms with Crippen LogP contribution in [-0.2, 0) is 4.74 Å². The lowest BCUT2D eigenvalue weighted by molar-refractivity contribution is 0.0164. The van der Waals surface area contributed by atoms with Crippen molar-refractivity contribution in [3.05, 3.63) is 0 Å². The molecule has 0 bridgehead atoms. The van der Waals surface area contributed by atoms with Gasteiger partial charge in [-0.2, -0.15) is 0 Å². The Bertz CT molecular complexity index is 129. The highest BCUT2D eigenvalue weighted by atomic mass is 16.5. The molecule has 0 aliphatic rings. The van der Waals surface area contributed by atoms with Crippen molar-refractivity contribution in [2.45, 2.75) is 39.3 Å². The second-order valence-corrected chi connectivity index (χ2v) is 4.37. The van der Waals surface area contributed by atoms with E-state index in [1.165, 1.54) is 0 Å². The first-order valence-electron chi connectivity index (χ1n) is 4.82. The largest absolute Gasteiger partial charge is 0.389 e. The quantitative estimate of drug-likeness (QED) is 0.679. The molecular weight excluding hydrogens is 166 g/mol. The summed E-state index contributed by atoms with van der Waals surface area (Å²) in [4.78, 5) is 2.21. The minimum Gasteiger partial charge on any atom is -0.389 e. The van der Waals surface area contributed by atoms with E-state index in [9.17, 15) is 5.11 Å². The summed E-state index contributed by atoms with van der Waals surface area (Å²) >= 11 is 0. The SMILES string of the molecule is COCCN(CC(C)(C)O)C(C)C. The van der Waals surface area contributed by atoms with Gasteiger partial charge in [-0.25, -0.2) is 0 Å². The van der Waals surface area contributed by atoms with E-state index in [0.29, 0.717) is 19.2 Å². The number of methoxy groups -OCH3 is 1. The van der Waals surface area contributed by atoms with Gasteiger partial charge in [0.25, 0.3) is 0 Å². The maximum atomic E-state index is 9.65. The van der Waals surface area contributed by atoms with Gasteiger partial charge in [-0.3, -0.25) is 4.90 Å². The standard InChI is InChI=1S/C10H23NO2/c1-9(2)11(6-7-13-5)8-10(3,4)12/h9,12H,6-8H2,1-5H3. The van der Waals surface area contributed by atoms with Crippen LogP contribution in [0, 0.1) is 0 Å². The average Bonchev–Trinajstić information content (AvgIpc) is 1.95. The average molecular weight is 189 g/mol. The normalized spacial score (nSPS) is 12.9. The summed E-state index contributed by atoms with van der Waals surface area (Å²) in [6.45, 7) is 10.2. The van der Waals surface area contributed by atoms with Gasteiger partial charge < -0.3 is 9.84 Å². The van der Waals surface area contributed by atoms with Gasteiger partial charge in [0.05, 0.1) is 12.2 Å². The van der Waals surface area contributed by atoms with Crippen LogP contribution in [0.3, 0.4) is 0 Å². The van der Waals surface area contributed by atoms with Gasteiger partial charge in [-0.05, 0) is 27.7 Å². The lowest BCUT2D eigenvalue weighted by Gasteiger charge is -2.31. The molecule has 0 fully saturated rings. The fourth-order valence-corrected chi connectivity index (χ4v) is 1.23. The number of rotatable bonds is 6. The van der Waals surface area contributed by atoms with Gasteiger partial charge in [0.1, 0.15) is 0 Å². The summed E-state index contributed by atoms with van der Waals surface area (Å²) in [6, 6.07) is 0.446. The van der Waals surface area contributed by atoms with E-state index in [1.807, 2.05) is 13.8 Å². The Balaban J connectivity index is 3.95. The second-order valence-electron chi connectivity index (χ2n) is 4.37. The van der Waals surface area contributed by atoms with Crippen LogP contribution in [0.1, 0.15) is 27.7 Å². The fraction of sp³-hybridized carbons (Fsp3) is 1.00. The molecule has 0 rings (SSSR count). The van der Waals surface area contributed by atoms with Gasteiger partial charge in [0, 0.05) is 26.2 Å². The van der Waals surface area contributed by atoms with Gasteiger partial charge in [-0.1, -0.05) is 0 Å². The molecule has 0 amide bonds. The molecule has 0 aromatic heterocycles. The van der Waals surface area contributed by atoms with Crippen molar-refractivity contribution >= 4 is 0 Å². The predicted molar refractivity (Wildman–Crippen MR) is 54.9 cm³/mol. The van der Waals surface area contributed by atoms with E-state index in [1.54, 1.807) is 7.11 Å². The smallest absolute Gasteiger partial charge is 0.0718 e. The van der Waals surface area contributed by atoms with Crippen molar-refractivity contribution in [3.63, 3.8) is 0 Å². The molecule has 0 aromatic carbocycles. The van der Waals surface area contributed by atoms with Crippen molar-refractivity contribution in [1.82, 2.24) is 4.90 Å². The second kappa shape index (κ2) is 5.58. The Morgan fingerprint density at radius 3 is 2.23 bits per heavy atom. The summed E-state index contributed by atoms with van der Waals surface area (Å²) < 4.78 is 5.01. The van der Waals surface area contributed by atoms with Crippen molar-refractivity contribution in [3.8, 4) is 0 Å². The molecule has 3 heteroatoms. The molecular formula is C10H23NO2. The predicted octanol–water partition coefficient (Wildman–Crippen LogP) is 1.11. The van der Waals surface area contributed by atoms with E-state index < -0.39 is 5.60 Å². The molecule has 0 spiro atoms. The lowest BCUT2D eigenvalue weighted by Crippen LogP contribution is -2.43.